The topological polar surface area (TPSA) is 186 Å². The molecule has 1 aliphatic rings. The molecule has 1 atom stereocenters. The lowest BCUT2D eigenvalue weighted by molar-refractivity contribution is -0.145. The van der Waals surface area contributed by atoms with E-state index in [4.69, 9.17) is 21.3 Å². The monoisotopic (exact) mass is 572 g/mol. The number of carboxylic acid groups (broad SMARTS) is 2. The number of amides is 1. The van der Waals surface area contributed by atoms with Crippen molar-refractivity contribution < 1.29 is 34.1 Å². The zero-order valence-corrected chi connectivity index (χ0v) is 22.9. The van der Waals surface area contributed by atoms with Gasteiger partial charge in [0.25, 0.3) is 0 Å². The average Bonchev–Trinajstić information content (AvgIpc) is 2.92. The van der Waals surface area contributed by atoms with E-state index in [0.717, 1.165) is 30.4 Å². The summed E-state index contributed by atoms with van der Waals surface area (Å²) in [6.07, 6.45) is 2.30. The largest absolute Gasteiger partial charge is 0.481 e. The van der Waals surface area contributed by atoms with Crippen molar-refractivity contribution in [2.45, 2.75) is 44.6 Å². The number of carbonyl (C=O) groups is 4. The molecule has 0 bridgehead atoms. The zero-order valence-electron chi connectivity index (χ0n) is 22.9. The highest BCUT2D eigenvalue weighted by molar-refractivity contribution is 5.91. The maximum absolute atomic E-state index is 13.4. The quantitative estimate of drug-likeness (QED) is 0.116. The Morgan fingerprint density at radius 3 is 2.36 bits per heavy atom. The maximum Gasteiger partial charge on any atom is 0.343 e. The normalized spacial score (nSPS) is 13.9. The van der Waals surface area contributed by atoms with Gasteiger partial charge < -0.3 is 31.3 Å². The third-order valence-electron chi connectivity index (χ3n) is 6.94. The van der Waals surface area contributed by atoms with Crippen LogP contribution in [0.5, 0.6) is 5.75 Å². The van der Waals surface area contributed by atoms with Crippen LogP contribution in [-0.2, 0) is 33.8 Å². The lowest BCUT2D eigenvalue weighted by Crippen LogP contribution is -2.36. The molecule has 0 spiro atoms. The number of aliphatic imine (C=N–C) groups is 1. The van der Waals surface area contributed by atoms with Crippen molar-refractivity contribution in [1.29, 1.82) is 0 Å². The third kappa shape index (κ3) is 8.17. The second-order valence-corrected chi connectivity index (χ2v) is 10.2. The zero-order chi connectivity index (χ0) is 30.2. The second-order valence-electron chi connectivity index (χ2n) is 10.2. The highest BCUT2D eigenvalue weighted by atomic mass is 16.5. The van der Waals surface area contributed by atoms with Crippen LogP contribution in [0.1, 0.15) is 57.8 Å². The van der Waals surface area contributed by atoms with Gasteiger partial charge in [0.2, 0.25) is 5.91 Å². The van der Waals surface area contributed by atoms with E-state index in [2.05, 4.69) is 4.99 Å². The number of ether oxygens (including phenoxy) is 1. The summed E-state index contributed by atoms with van der Waals surface area (Å²) in [5.74, 6) is -2.78. The number of rotatable bonds is 11. The summed E-state index contributed by atoms with van der Waals surface area (Å²) in [6, 6.07) is 18.5. The molecule has 3 aromatic rings. The first-order chi connectivity index (χ1) is 20.1. The summed E-state index contributed by atoms with van der Waals surface area (Å²) < 4.78 is 5.58. The van der Waals surface area contributed by atoms with E-state index in [1.165, 1.54) is 4.90 Å². The van der Waals surface area contributed by atoms with E-state index < -0.39 is 24.5 Å². The molecular formula is C31H32N4O7. The van der Waals surface area contributed by atoms with Gasteiger partial charge in [-0.15, -0.1) is 0 Å². The molecule has 11 nitrogen and oxygen atoms in total. The van der Waals surface area contributed by atoms with Gasteiger partial charge in [-0.05, 0) is 83.8 Å². The predicted molar refractivity (Wildman–Crippen MR) is 154 cm³/mol. The van der Waals surface area contributed by atoms with Crippen molar-refractivity contribution in [1.82, 2.24) is 4.90 Å². The highest BCUT2D eigenvalue weighted by Crippen LogP contribution is 2.36. The first-order valence-corrected chi connectivity index (χ1v) is 13.4. The molecule has 0 radical (unpaired) electrons. The van der Waals surface area contributed by atoms with Crippen LogP contribution in [0.3, 0.4) is 0 Å². The number of aryl methyl sites for hydroxylation is 1. The fourth-order valence-electron chi connectivity index (χ4n) is 5.12. The molecule has 0 aliphatic heterocycles. The molecule has 42 heavy (non-hydrogen) atoms. The van der Waals surface area contributed by atoms with Gasteiger partial charge in [-0.3, -0.25) is 14.4 Å². The number of hydrogen-bond donors (Lipinski definition) is 4. The van der Waals surface area contributed by atoms with Crippen LogP contribution in [0, 0.1) is 0 Å². The number of fused-ring (bicyclic) bond motifs is 1. The molecule has 0 aromatic heterocycles. The first kappa shape index (κ1) is 29.8. The smallest absolute Gasteiger partial charge is 0.343 e. The SMILES string of the molecule is NC(N)=Nc1ccc(C(=O)Oc2ccc3c(c2)CCCC3CC(=O)N(CC(=O)O)Cc2cccc(CC(=O)O)c2)cc1. The second kappa shape index (κ2) is 13.4. The molecule has 1 aliphatic carbocycles. The van der Waals surface area contributed by atoms with Gasteiger partial charge in [0.15, 0.2) is 5.96 Å². The van der Waals surface area contributed by atoms with Crippen molar-refractivity contribution in [3.05, 3.63) is 94.5 Å². The number of esters is 1. The molecule has 1 unspecified atom stereocenters. The van der Waals surface area contributed by atoms with Crippen LogP contribution in [0.15, 0.2) is 71.7 Å². The number of carbonyl (C=O) groups excluding carboxylic acids is 2. The summed E-state index contributed by atoms with van der Waals surface area (Å²) in [5, 5.41) is 18.5. The fourth-order valence-corrected chi connectivity index (χ4v) is 5.12. The molecule has 0 saturated carbocycles. The number of hydrogen-bond acceptors (Lipinski definition) is 6. The van der Waals surface area contributed by atoms with E-state index in [1.807, 2.05) is 6.07 Å². The van der Waals surface area contributed by atoms with Crippen molar-refractivity contribution in [2.75, 3.05) is 6.54 Å². The van der Waals surface area contributed by atoms with Crippen molar-refractivity contribution >= 4 is 35.5 Å². The Labute approximate surface area is 242 Å². The molecule has 0 fully saturated rings. The number of nitrogens with zero attached hydrogens (tertiary/aromatic N) is 2. The average molecular weight is 573 g/mol. The molecule has 6 N–H and O–H groups in total. The summed E-state index contributed by atoms with van der Waals surface area (Å²) in [6.45, 7) is -0.413. The van der Waals surface area contributed by atoms with Gasteiger partial charge in [0, 0.05) is 13.0 Å². The lowest BCUT2D eigenvalue weighted by Gasteiger charge is -2.28. The molecule has 0 heterocycles. The molecular weight excluding hydrogens is 540 g/mol. The number of carboxylic acids is 2. The van der Waals surface area contributed by atoms with Crippen LogP contribution in [0.2, 0.25) is 0 Å². The van der Waals surface area contributed by atoms with E-state index in [1.54, 1.807) is 60.7 Å². The van der Waals surface area contributed by atoms with Gasteiger partial charge in [-0.1, -0.05) is 30.3 Å². The van der Waals surface area contributed by atoms with Crippen LogP contribution in [0.25, 0.3) is 0 Å². The van der Waals surface area contributed by atoms with Gasteiger partial charge in [0.1, 0.15) is 12.3 Å². The Kier molecular flexibility index (Phi) is 9.53. The Hall–Kier alpha value is -5.19. The predicted octanol–water partition coefficient (Wildman–Crippen LogP) is 3.36. The standard InChI is InChI=1S/C31H32N4O7/c32-31(33)34-24-9-7-21(8-10-24)30(41)42-25-11-12-26-22(15-25)5-2-6-23(26)16-27(36)35(18-29(39)40)17-20-4-1-3-19(13-20)14-28(37)38/h1,3-4,7-13,15,23H,2,5-6,14,16-18H2,(H,37,38)(H,39,40)(H4,32,33,34). The minimum absolute atomic E-state index is 0.0556. The molecule has 11 heteroatoms. The Balaban J connectivity index is 1.44. The number of guanidine groups is 1. The van der Waals surface area contributed by atoms with Crippen LogP contribution in [-0.4, -0.2) is 51.4 Å². The van der Waals surface area contributed by atoms with E-state index >= 15 is 0 Å². The van der Waals surface area contributed by atoms with Crippen molar-refractivity contribution in [3.8, 4) is 5.75 Å². The summed E-state index contributed by atoms with van der Waals surface area (Å²) in [7, 11) is 0. The Morgan fingerprint density at radius 2 is 1.67 bits per heavy atom. The number of aliphatic carboxylic acids is 2. The molecule has 3 aromatic carbocycles. The fraction of sp³-hybridized carbons (Fsp3) is 0.258. The van der Waals surface area contributed by atoms with Gasteiger partial charge >= 0.3 is 17.9 Å². The van der Waals surface area contributed by atoms with E-state index in [9.17, 15) is 24.3 Å². The van der Waals surface area contributed by atoms with Crippen LogP contribution >= 0.6 is 0 Å². The van der Waals surface area contributed by atoms with Gasteiger partial charge in [0.05, 0.1) is 17.7 Å². The van der Waals surface area contributed by atoms with Gasteiger partial charge in [-0.25, -0.2) is 9.79 Å². The number of nitrogens with two attached hydrogens (primary N) is 2. The summed E-state index contributed by atoms with van der Waals surface area (Å²) in [5.41, 5.74) is 14.8. The Morgan fingerprint density at radius 1 is 0.929 bits per heavy atom. The van der Waals surface area contributed by atoms with Crippen LogP contribution < -0.4 is 16.2 Å². The molecule has 1 amide bonds. The number of benzene rings is 3. The van der Waals surface area contributed by atoms with Gasteiger partial charge in [-0.2, -0.15) is 0 Å². The minimum Gasteiger partial charge on any atom is -0.481 e. The highest BCUT2D eigenvalue weighted by Gasteiger charge is 2.27. The summed E-state index contributed by atoms with van der Waals surface area (Å²) >= 11 is 0. The molecule has 218 valence electrons. The third-order valence-corrected chi connectivity index (χ3v) is 6.94. The Bertz CT molecular complexity index is 1510. The minimum atomic E-state index is -1.13. The molecule has 4 rings (SSSR count). The maximum atomic E-state index is 13.4. The van der Waals surface area contributed by atoms with E-state index in [-0.39, 0.29) is 37.2 Å². The lowest BCUT2D eigenvalue weighted by atomic mass is 9.80. The summed E-state index contributed by atoms with van der Waals surface area (Å²) in [4.78, 5) is 53.9. The van der Waals surface area contributed by atoms with Crippen molar-refractivity contribution in [3.63, 3.8) is 0 Å². The van der Waals surface area contributed by atoms with Crippen molar-refractivity contribution in [2.24, 2.45) is 16.5 Å². The first-order valence-electron chi connectivity index (χ1n) is 13.4. The van der Waals surface area contributed by atoms with E-state index in [0.29, 0.717) is 28.1 Å². The molecule has 0 saturated heterocycles. The van der Waals surface area contributed by atoms with Crippen LogP contribution in [0.4, 0.5) is 5.69 Å².